The number of methoxy groups -OCH3 is 1. The summed E-state index contributed by atoms with van der Waals surface area (Å²) in [6.45, 7) is 1.76. The van der Waals surface area contributed by atoms with Gasteiger partial charge in [0.15, 0.2) is 0 Å². The van der Waals surface area contributed by atoms with Gasteiger partial charge in [-0.25, -0.2) is 0 Å². The SMILES string of the molecule is C/C=C/C(=O)Nc1ccc(C#N)cc1OC. The summed E-state index contributed by atoms with van der Waals surface area (Å²) in [5.74, 6) is 0.238. The summed E-state index contributed by atoms with van der Waals surface area (Å²) in [4.78, 5) is 11.3. The molecule has 0 aliphatic rings. The Labute approximate surface area is 94.1 Å². The summed E-state index contributed by atoms with van der Waals surface area (Å²) in [6, 6.07) is 6.83. The van der Waals surface area contributed by atoms with Gasteiger partial charge in [0.05, 0.1) is 24.4 Å². The summed E-state index contributed by atoms with van der Waals surface area (Å²) in [5, 5.41) is 11.4. The maximum atomic E-state index is 11.3. The molecular formula is C12H12N2O2. The van der Waals surface area contributed by atoms with E-state index in [4.69, 9.17) is 10.00 Å². The monoisotopic (exact) mass is 216 g/mol. The van der Waals surface area contributed by atoms with Crippen LogP contribution in [0.4, 0.5) is 5.69 Å². The number of allylic oxidation sites excluding steroid dienone is 1. The predicted molar refractivity (Wildman–Crippen MR) is 61.2 cm³/mol. The lowest BCUT2D eigenvalue weighted by Gasteiger charge is -2.08. The van der Waals surface area contributed by atoms with E-state index in [2.05, 4.69) is 5.32 Å². The van der Waals surface area contributed by atoms with Crippen molar-refractivity contribution in [3.05, 3.63) is 35.9 Å². The van der Waals surface area contributed by atoms with Gasteiger partial charge in [-0.05, 0) is 25.1 Å². The second kappa shape index (κ2) is 5.56. The third-order valence-corrected chi connectivity index (χ3v) is 1.91. The number of rotatable bonds is 3. The second-order valence-corrected chi connectivity index (χ2v) is 3.02. The first-order valence-corrected chi connectivity index (χ1v) is 4.73. The molecule has 1 N–H and O–H groups in total. The highest BCUT2D eigenvalue weighted by molar-refractivity contribution is 6.00. The number of anilines is 1. The molecule has 1 aromatic rings. The van der Waals surface area contributed by atoms with Gasteiger partial charge in [-0.1, -0.05) is 6.08 Å². The molecule has 16 heavy (non-hydrogen) atoms. The van der Waals surface area contributed by atoms with Gasteiger partial charge in [0.2, 0.25) is 5.91 Å². The number of carbonyl (C=O) groups excluding carboxylic acids is 1. The molecule has 4 heteroatoms. The minimum Gasteiger partial charge on any atom is -0.495 e. The van der Waals surface area contributed by atoms with E-state index in [1.165, 1.54) is 13.2 Å². The van der Waals surface area contributed by atoms with Crippen molar-refractivity contribution in [1.29, 1.82) is 5.26 Å². The summed E-state index contributed by atoms with van der Waals surface area (Å²) < 4.78 is 5.08. The summed E-state index contributed by atoms with van der Waals surface area (Å²) in [7, 11) is 1.49. The Morgan fingerprint density at radius 2 is 2.31 bits per heavy atom. The Balaban J connectivity index is 2.97. The van der Waals surface area contributed by atoms with Crippen LogP contribution in [0.1, 0.15) is 12.5 Å². The van der Waals surface area contributed by atoms with E-state index in [0.29, 0.717) is 17.0 Å². The van der Waals surface area contributed by atoms with E-state index >= 15 is 0 Å². The molecule has 0 bridgehead atoms. The minimum absolute atomic E-state index is 0.231. The molecule has 1 aromatic carbocycles. The Kier molecular flexibility index (Phi) is 4.10. The third-order valence-electron chi connectivity index (χ3n) is 1.91. The van der Waals surface area contributed by atoms with Gasteiger partial charge in [-0.15, -0.1) is 0 Å². The molecule has 0 aliphatic carbocycles. The quantitative estimate of drug-likeness (QED) is 0.787. The fourth-order valence-corrected chi connectivity index (χ4v) is 1.19. The molecule has 0 atom stereocenters. The van der Waals surface area contributed by atoms with Gasteiger partial charge in [0, 0.05) is 6.07 Å². The summed E-state index contributed by atoms with van der Waals surface area (Å²) in [6.07, 6.45) is 3.06. The smallest absolute Gasteiger partial charge is 0.248 e. The molecule has 1 rings (SSSR count). The van der Waals surface area contributed by atoms with Crippen molar-refractivity contribution in [3.8, 4) is 11.8 Å². The van der Waals surface area contributed by atoms with E-state index < -0.39 is 0 Å². The average molecular weight is 216 g/mol. The maximum Gasteiger partial charge on any atom is 0.248 e. The molecule has 0 unspecified atom stereocenters. The average Bonchev–Trinajstić information content (AvgIpc) is 2.30. The largest absolute Gasteiger partial charge is 0.495 e. The molecular weight excluding hydrogens is 204 g/mol. The summed E-state index contributed by atoms with van der Waals surface area (Å²) >= 11 is 0. The van der Waals surface area contributed by atoms with Gasteiger partial charge in [-0.3, -0.25) is 4.79 Å². The Bertz CT molecular complexity index is 459. The first-order chi connectivity index (χ1) is 7.71. The highest BCUT2D eigenvalue weighted by atomic mass is 16.5. The van der Waals surface area contributed by atoms with Crippen LogP contribution >= 0.6 is 0 Å². The fraction of sp³-hybridized carbons (Fsp3) is 0.167. The van der Waals surface area contributed by atoms with Crippen molar-refractivity contribution in [2.24, 2.45) is 0 Å². The molecule has 0 radical (unpaired) electrons. The molecule has 0 aromatic heterocycles. The Morgan fingerprint density at radius 3 is 2.88 bits per heavy atom. The van der Waals surface area contributed by atoms with Crippen LogP contribution in [-0.2, 0) is 4.79 Å². The van der Waals surface area contributed by atoms with Crippen LogP contribution in [0, 0.1) is 11.3 Å². The molecule has 0 heterocycles. The number of carbonyl (C=O) groups is 1. The van der Waals surface area contributed by atoms with Crippen LogP contribution < -0.4 is 10.1 Å². The van der Waals surface area contributed by atoms with Crippen molar-refractivity contribution in [2.75, 3.05) is 12.4 Å². The van der Waals surface area contributed by atoms with Crippen LogP contribution in [0.15, 0.2) is 30.4 Å². The summed E-state index contributed by atoms with van der Waals surface area (Å²) in [5.41, 5.74) is 1.03. The molecule has 0 spiro atoms. The number of nitriles is 1. The van der Waals surface area contributed by atoms with Crippen LogP contribution in [0.3, 0.4) is 0 Å². The molecule has 1 amide bonds. The van der Waals surface area contributed by atoms with Crippen molar-refractivity contribution in [3.63, 3.8) is 0 Å². The lowest BCUT2D eigenvalue weighted by molar-refractivity contribution is -0.111. The van der Waals surface area contributed by atoms with Crippen LogP contribution in [-0.4, -0.2) is 13.0 Å². The molecule has 0 saturated heterocycles. The molecule has 4 nitrogen and oxygen atoms in total. The fourth-order valence-electron chi connectivity index (χ4n) is 1.19. The third kappa shape index (κ3) is 2.85. The number of benzene rings is 1. The van der Waals surface area contributed by atoms with E-state index in [-0.39, 0.29) is 5.91 Å². The second-order valence-electron chi connectivity index (χ2n) is 3.02. The molecule has 82 valence electrons. The zero-order chi connectivity index (χ0) is 12.0. The van der Waals surface area contributed by atoms with Gasteiger partial charge < -0.3 is 10.1 Å². The minimum atomic E-state index is -0.231. The van der Waals surface area contributed by atoms with Crippen molar-refractivity contribution in [1.82, 2.24) is 0 Å². The van der Waals surface area contributed by atoms with Crippen LogP contribution in [0.25, 0.3) is 0 Å². The maximum absolute atomic E-state index is 11.3. The highest BCUT2D eigenvalue weighted by Gasteiger charge is 2.06. The number of hydrogen-bond acceptors (Lipinski definition) is 3. The normalized spacial score (nSPS) is 9.81. The van der Waals surface area contributed by atoms with Gasteiger partial charge in [-0.2, -0.15) is 5.26 Å². The molecule has 0 saturated carbocycles. The van der Waals surface area contributed by atoms with Crippen LogP contribution in [0.5, 0.6) is 5.75 Å². The number of hydrogen-bond donors (Lipinski definition) is 1. The van der Waals surface area contributed by atoms with E-state index in [0.717, 1.165) is 0 Å². The Hall–Kier alpha value is -2.28. The first kappa shape index (κ1) is 11.8. The van der Waals surface area contributed by atoms with Crippen molar-refractivity contribution < 1.29 is 9.53 Å². The molecule has 0 fully saturated rings. The highest BCUT2D eigenvalue weighted by Crippen LogP contribution is 2.25. The number of nitrogens with zero attached hydrogens (tertiary/aromatic N) is 1. The van der Waals surface area contributed by atoms with Crippen molar-refractivity contribution in [2.45, 2.75) is 6.92 Å². The zero-order valence-electron chi connectivity index (χ0n) is 9.15. The topological polar surface area (TPSA) is 62.1 Å². The van der Waals surface area contributed by atoms with E-state index in [1.54, 1.807) is 31.2 Å². The van der Waals surface area contributed by atoms with Crippen LogP contribution in [0.2, 0.25) is 0 Å². The standard InChI is InChI=1S/C12H12N2O2/c1-3-4-12(15)14-10-6-5-9(8-13)7-11(10)16-2/h3-7H,1-2H3,(H,14,15)/b4-3+. The van der Waals surface area contributed by atoms with Gasteiger partial charge in [0.25, 0.3) is 0 Å². The molecule has 0 aliphatic heterocycles. The lowest BCUT2D eigenvalue weighted by Crippen LogP contribution is -2.08. The van der Waals surface area contributed by atoms with E-state index in [1.807, 2.05) is 6.07 Å². The first-order valence-electron chi connectivity index (χ1n) is 4.73. The van der Waals surface area contributed by atoms with Gasteiger partial charge >= 0.3 is 0 Å². The number of ether oxygens (including phenoxy) is 1. The number of nitrogens with one attached hydrogen (secondary N) is 1. The Morgan fingerprint density at radius 1 is 1.56 bits per heavy atom. The number of amides is 1. The van der Waals surface area contributed by atoms with Gasteiger partial charge in [0.1, 0.15) is 5.75 Å². The van der Waals surface area contributed by atoms with Crippen molar-refractivity contribution >= 4 is 11.6 Å². The zero-order valence-corrected chi connectivity index (χ0v) is 9.15. The lowest BCUT2D eigenvalue weighted by atomic mass is 10.2. The predicted octanol–water partition coefficient (Wildman–Crippen LogP) is 2.08. The van der Waals surface area contributed by atoms with E-state index in [9.17, 15) is 4.79 Å².